The molecule has 11 heteroatoms. The van der Waals surface area contributed by atoms with Gasteiger partial charge in [0.2, 0.25) is 0 Å². The molecule has 0 bridgehead atoms. The van der Waals surface area contributed by atoms with Crippen LogP contribution in [0, 0.1) is 0 Å². The molecule has 0 atom stereocenters. The van der Waals surface area contributed by atoms with E-state index in [0.29, 0.717) is 5.69 Å². The number of carbonyl (C=O) groups is 2. The Labute approximate surface area is 155 Å². The normalized spacial score (nSPS) is 11.1. The first-order chi connectivity index (χ1) is 13.3. The summed E-state index contributed by atoms with van der Waals surface area (Å²) in [6.45, 7) is -0.750. The molecule has 8 nitrogen and oxygen atoms in total. The number of hydrogen-bond donors (Lipinski definition) is 1. The molecule has 0 spiro atoms. The fourth-order valence-electron chi connectivity index (χ4n) is 2.30. The molecule has 0 saturated carbocycles. The van der Waals surface area contributed by atoms with E-state index < -0.39 is 35.9 Å². The summed E-state index contributed by atoms with van der Waals surface area (Å²) in [5, 5.41) is 12.7. The molecule has 0 fully saturated rings. The van der Waals surface area contributed by atoms with Gasteiger partial charge in [-0.05, 0) is 40.8 Å². The molecule has 1 aromatic heterocycles. The Morgan fingerprint density at radius 1 is 1.11 bits per heavy atom. The van der Waals surface area contributed by atoms with Crippen molar-refractivity contribution < 1.29 is 27.5 Å². The van der Waals surface area contributed by atoms with E-state index in [1.165, 1.54) is 35.3 Å². The lowest BCUT2D eigenvalue weighted by molar-refractivity contribution is -0.137. The number of aromatic nitrogens is 4. The van der Waals surface area contributed by atoms with Crippen LogP contribution >= 0.6 is 0 Å². The maximum absolute atomic E-state index is 12.9. The van der Waals surface area contributed by atoms with Gasteiger partial charge in [-0.3, -0.25) is 4.79 Å². The number of hydrogen-bond acceptors (Lipinski definition) is 6. The number of amides is 1. The van der Waals surface area contributed by atoms with Gasteiger partial charge in [-0.25, -0.2) is 9.48 Å². The number of rotatable bonds is 5. The summed E-state index contributed by atoms with van der Waals surface area (Å²) in [4.78, 5) is 24.0. The lowest BCUT2D eigenvalue weighted by Gasteiger charge is -2.13. The van der Waals surface area contributed by atoms with Crippen LogP contribution in [0.25, 0.3) is 5.69 Å². The Kier molecular flexibility index (Phi) is 5.34. The Balaban J connectivity index is 1.63. The van der Waals surface area contributed by atoms with E-state index >= 15 is 0 Å². The molecular weight excluding hydrogens is 379 g/mol. The fourth-order valence-corrected chi connectivity index (χ4v) is 2.30. The first-order valence-corrected chi connectivity index (χ1v) is 7.81. The molecule has 3 rings (SSSR count). The quantitative estimate of drug-likeness (QED) is 0.671. The van der Waals surface area contributed by atoms with Gasteiger partial charge in [0.1, 0.15) is 6.33 Å². The predicted octanol–water partition coefficient (Wildman–Crippen LogP) is 2.48. The summed E-state index contributed by atoms with van der Waals surface area (Å²) in [5.41, 5.74) is -0.806. The van der Waals surface area contributed by atoms with Crippen LogP contribution in [-0.2, 0) is 15.7 Å². The highest BCUT2D eigenvalue weighted by atomic mass is 19.4. The Morgan fingerprint density at radius 3 is 2.61 bits per heavy atom. The number of tetrazole rings is 1. The topological polar surface area (TPSA) is 99.0 Å². The van der Waals surface area contributed by atoms with Crippen LogP contribution in [-0.4, -0.2) is 38.7 Å². The number of ether oxygens (including phenoxy) is 1. The highest BCUT2D eigenvalue weighted by Crippen LogP contribution is 2.34. The first kappa shape index (κ1) is 19.0. The molecule has 1 heterocycles. The van der Waals surface area contributed by atoms with Crippen LogP contribution < -0.4 is 5.32 Å². The first-order valence-electron chi connectivity index (χ1n) is 7.81. The zero-order chi connectivity index (χ0) is 20.1. The lowest BCUT2D eigenvalue weighted by Crippen LogP contribution is -2.22. The molecule has 2 aromatic carbocycles. The Hall–Kier alpha value is -3.76. The van der Waals surface area contributed by atoms with Crippen molar-refractivity contribution in [2.45, 2.75) is 6.18 Å². The molecule has 0 unspecified atom stereocenters. The summed E-state index contributed by atoms with van der Waals surface area (Å²) in [6.07, 6.45) is -3.30. The number of halogens is 3. The number of nitrogens with one attached hydrogen (secondary N) is 1. The second-order valence-corrected chi connectivity index (χ2v) is 5.47. The van der Waals surface area contributed by atoms with E-state index in [-0.39, 0.29) is 5.56 Å². The van der Waals surface area contributed by atoms with Crippen molar-refractivity contribution in [2.24, 2.45) is 0 Å². The van der Waals surface area contributed by atoms with Crippen molar-refractivity contribution in [3.05, 3.63) is 66.0 Å². The van der Waals surface area contributed by atoms with Gasteiger partial charge in [-0.1, -0.05) is 18.2 Å². The van der Waals surface area contributed by atoms with E-state index in [0.717, 1.165) is 12.1 Å². The molecule has 0 saturated heterocycles. The summed E-state index contributed by atoms with van der Waals surface area (Å²) in [6, 6.07) is 10.6. The summed E-state index contributed by atoms with van der Waals surface area (Å²) >= 11 is 0. The van der Waals surface area contributed by atoms with Crippen LogP contribution in [0.15, 0.2) is 54.9 Å². The summed E-state index contributed by atoms with van der Waals surface area (Å²) in [5.74, 6) is -1.73. The molecule has 0 aliphatic heterocycles. The minimum Gasteiger partial charge on any atom is -0.452 e. The second-order valence-electron chi connectivity index (χ2n) is 5.47. The molecule has 1 amide bonds. The van der Waals surface area contributed by atoms with Crippen LogP contribution in [0.5, 0.6) is 0 Å². The van der Waals surface area contributed by atoms with Gasteiger partial charge in [0.15, 0.2) is 6.61 Å². The summed E-state index contributed by atoms with van der Waals surface area (Å²) < 4.78 is 45.0. The molecule has 1 N–H and O–H groups in total. The molecule has 28 heavy (non-hydrogen) atoms. The van der Waals surface area contributed by atoms with Gasteiger partial charge in [-0.15, -0.1) is 5.10 Å². The van der Waals surface area contributed by atoms with Gasteiger partial charge in [-0.2, -0.15) is 13.2 Å². The lowest BCUT2D eigenvalue weighted by atomic mass is 10.1. The number of esters is 1. The van der Waals surface area contributed by atoms with Crippen molar-refractivity contribution in [2.75, 3.05) is 11.9 Å². The number of anilines is 1. The standard InChI is InChI=1S/C17H12F3N5O3/c18-17(19,20)13-6-1-2-7-14(13)22-15(26)9-28-16(27)11-4-3-5-12(8-11)25-10-21-23-24-25/h1-8,10H,9H2,(H,22,26). The maximum Gasteiger partial charge on any atom is 0.418 e. The average molecular weight is 391 g/mol. The molecule has 0 radical (unpaired) electrons. The molecule has 0 aliphatic rings. The van der Waals surface area contributed by atoms with Crippen LogP contribution in [0.4, 0.5) is 18.9 Å². The van der Waals surface area contributed by atoms with Crippen molar-refractivity contribution >= 4 is 17.6 Å². The minimum absolute atomic E-state index is 0.122. The second kappa shape index (κ2) is 7.86. The number of carbonyl (C=O) groups excluding carboxylic acids is 2. The van der Waals surface area contributed by atoms with Gasteiger partial charge < -0.3 is 10.1 Å². The Morgan fingerprint density at radius 2 is 1.89 bits per heavy atom. The number of para-hydroxylation sites is 1. The van der Waals surface area contributed by atoms with Crippen molar-refractivity contribution in [3.8, 4) is 5.69 Å². The van der Waals surface area contributed by atoms with E-state index in [4.69, 9.17) is 4.74 Å². The van der Waals surface area contributed by atoms with Gasteiger partial charge in [0, 0.05) is 0 Å². The SMILES string of the molecule is O=C(COC(=O)c1cccc(-n2cnnn2)c1)Nc1ccccc1C(F)(F)F. The summed E-state index contributed by atoms with van der Waals surface area (Å²) in [7, 11) is 0. The number of alkyl halides is 3. The van der Waals surface area contributed by atoms with Crippen LogP contribution in [0.3, 0.4) is 0 Å². The molecule has 0 aliphatic carbocycles. The predicted molar refractivity (Wildman–Crippen MR) is 89.5 cm³/mol. The molecular formula is C17H12F3N5O3. The van der Waals surface area contributed by atoms with E-state index in [9.17, 15) is 22.8 Å². The van der Waals surface area contributed by atoms with Crippen LogP contribution in [0.1, 0.15) is 15.9 Å². The van der Waals surface area contributed by atoms with Crippen LogP contribution in [0.2, 0.25) is 0 Å². The Bertz CT molecular complexity index is 990. The van der Waals surface area contributed by atoms with Gasteiger partial charge in [0.25, 0.3) is 5.91 Å². The molecule has 3 aromatic rings. The van der Waals surface area contributed by atoms with Crippen molar-refractivity contribution in [1.29, 1.82) is 0 Å². The largest absolute Gasteiger partial charge is 0.452 e. The van der Waals surface area contributed by atoms with E-state index in [2.05, 4.69) is 20.8 Å². The highest BCUT2D eigenvalue weighted by molar-refractivity contribution is 5.96. The number of benzene rings is 2. The highest BCUT2D eigenvalue weighted by Gasteiger charge is 2.33. The third-order valence-electron chi connectivity index (χ3n) is 3.54. The maximum atomic E-state index is 12.9. The fraction of sp³-hybridized carbons (Fsp3) is 0.118. The van der Waals surface area contributed by atoms with Gasteiger partial charge >= 0.3 is 12.1 Å². The minimum atomic E-state index is -4.63. The zero-order valence-corrected chi connectivity index (χ0v) is 14.1. The third-order valence-corrected chi connectivity index (χ3v) is 3.54. The molecule has 144 valence electrons. The average Bonchev–Trinajstić information content (AvgIpc) is 3.20. The van der Waals surface area contributed by atoms with E-state index in [1.807, 2.05) is 0 Å². The number of nitrogens with zero attached hydrogens (tertiary/aromatic N) is 4. The smallest absolute Gasteiger partial charge is 0.418 e. The zero-order valence-electron chi connectivity index (χ0n) is 14.1. The van der Waals surface area contributed by atoms with Gasteiger partial charge in [0.05, 0.1) is 22.5 Å². The van der Waals surface area contributed by atoms with Crippen molar-refractivity contribution in [3.63, 3.8) is 0 Å². The van der Waals surface area contributed by atoms with E-state index in [1.54, 1.807) is 12.1 Å². The third kappa shape index (κ3) is 4.50. The monoisotopic (exact) mass is 391 g/mol. The van der Waals surface area contributed by atoms with Crippen molar-refractivity contribution in [1.82, 2.24) is 20.2 Å².